The zero-order chi connectivity index (χ0) is 16.8. The van der Waals surface area contributed by atoms with E-state index in [1.54, 1.807) is 24.6 Å². The molecule has 0 spiro atoms. The molecule has 0 radical (unpaired) electrons. The van der Waals surface area contributed by atoms with Gasteiger partial charge >= 0.3 is 0 Å². The number of hydrogen-bond donors (Lipinski definition) is 1. The van der Waals surface area contributed by atoms with E-state index in [4.69, 9.17) is 5.26 Å². The van der Waals surface area contributed by atoms with Gasteiger partial charge in [0, 0.05) is 11.6 Å². The first kappa shape index (κ1) is 16.0. The maximum Gasteiger partial charge on any atom is 0.273 e. The molecule has 1 saturated heterocycles. The quantitative estimate of drug-likeness (QED) is 0.888. The summed E-state index contributed by atoms with van der Waals surface area (Å²) in [5, 5.41) is 16.0. The van der Waals surface area contributed by atoms with Crippen LogP contribution in [0.2, 0.25) is 0 Å². The number of nitrogens with zero attached hydrogens (tertiary/aromatic N) is 3. The summed E-state index contributed by atoms with van der Waals surface area (Å²) in [6.45, 7) is 3.24. The molecule has 124 valence electrons. The van der Waals surface area contributed by atoms with E-state index in [1.807, 2.05) is 6.07 Å². The molecule has 1 aliphatic carbocycles. The SMILES string of the molecule is CC(C)(C#N)NC(=O)c1cc(C2CC2)n(C2CCS(=O)(=O)C2)n1. The lowest BCUT2D eigenvalue weighted by atomic mass is 10.1. The summed E-state index contributed by atoms with van der Waals surface area (Å²) < 4.78 is 25.2. The molecule has 0 bridgehead atoms. The van der Waals surface area contributed by atoms with Crippen molar-refractivity contribution in [3.05, 3.63) is 17.5 Å². The summed E-state index contributed by atoms with van der Waals surface area (Å²) >= 11 is 0. The Morgan fingerprint density at radius 3 is 2.65 bits per heavy atom. The second-order valence-electron chi connectivity index (χ2n) is 6.92. The van der Waals surface area contributed by atoms with Crippen molar-refractivity contribution >= 4 is 15.7 Å². The van der Waals surface area contributed by atoms with Gasteiger partial charge in [-0.2, -0.15) is 10.4 Å². The van der Waals surface area contributed by atoms with Crippen LogP contribution in [0.25, 0.3) is 0 Å². The van der Waals surface area contributed by atoms with Crippen LogP contribution in [0.5, 0.6) is 0 Å². The molecule has 0 aromatic carbocycles. The third-order valence-corrected chi connectivity index (χ3v) is 6.00. The summed E-state index contributed by atoms with van der Waals surface area (Å²) in [6.07, 6.45) is 2.61. The third kappa shape index (κ3) is 3.39. The van der Waals surface area contributed by atoms with Gasteiger partial charge in [-0.25, -0.2) is 8.42 Å². The largest absolute Gasteiger partial charge is 0.333 e. The first-order valence-electron chi connectivity index (χ1n) is 7.74. The van der Waals surface area contributed by atoms with E-state index in [9.17, 15) is 13.2 Å². The number of sulfone groups is 1. The van der Waals surface area contributed by atoms with E-state index in [0.717, 1.165) is 18.5 Å². The predicted octanol–water partition coefficient (Wildman–Crippen LogP) is 1.15. The molecule has 2 heterocycles. The molecule has 3 rings (SSSR count). The number of amides is 1. The molecule has 1 atom stereocenters. The molecule has 1 unspecified atom stereocenters. The van der Waals surface area contributed by atoms with E-state index in [1.165, 1.54) is 0 Å². The highest BCUT2D eigenvalue weighted by molar-refractivity contribution is 7.91. The Kier molecular flexibility index (Phi) is 3.71. The van der Waals surface area contributed by atoms with Crippen molar-refractivity contribution in [2.24, 2.45) is 0 Å². The number of carbonyl (C=O) groups is 1. The zero-order valence-electron chi connectivity index (χ0n) is 13.2. The molecule has 1 aromatic heterocycles. The highest BCUT2D eigenvalue weighted by Gasteiger charge is 2.36. The average Bonchev–Trinajstić information content (AvgIpc) is 3.10. The molecule has 2 aliphatic rings. The van der Waals surface area contributed by atoms with Crippen molar-refractivity contribution in [2.75, 3.05) is 11.5 Å². The smallest absolute Gasteiger partial charge is 0.273 e. The maximum absolute atomic E-state index is 12.3. The van der Waals surface area contributed by atoms with Crippen LogP contribution in [0.1, 0.15) is 61.3 Å². The molecule has 1 aliphatic heterocycles. The van der Waals surface area contributed by atoms with Crippen molar-refractivity contribution < 1.29 is 13.2 Å². The van der Waals surface area contributed by atoms with Gasteiger partial charge < -0.3 is 5.32 Å². The first-order chi connectivity index (χ1) is 10.7. The van der Waals surface area contributed by atoms with E-state index in [2.05, 4.69) is 10.4 Å². The van der Waals surface area contributed by atoms with Gasteiger partial charge in [0.05, 0.1) is 23.6 Å². The molecule has 1 aromatic rings. The van der Waals surface area contributed by atoms with Crippen LogP contribution < -0.4 is 5.32 Å². The molecule has 1 N–H and O–H groups in total. The van der Waals surface area contributed by atoms with Crippen LogP contribution in [0.15, 0.2) is 6.07 Å². The van der Waals surface area contributed by atoms with E-state index in [-0.39, 0.29) is 23.2 Å². The summed E-state index contributed by atoms with van der Waals surface area (Å²) in [5.41, 5.74) is 0.212. The minimum absolute atomic E-state index is 0.0825. The third-order valence-electron chi connectivity index (χ3n) is 4.25. The standard InChI is InChI=1S/C15H20N4O3S/c1-15(2,9-16)17-14(20)12-7-13(10-3-4-10)19(18-12)11-5-6-23(21,22)8-11/h7,10-11H,3-6,8H2,1-2H3,(H,17,20). The average molecular weight is 336 g/mol. The Hall–Kier alpha value is -1.88. The van der Waals surface area contributed by atoms with Gasteiger partial charge in [0.25, 0.3) is 5.91 Å². The van der Waals surface area contributed by atoms with Crippen LogP contribution in [0.3, 0.4) is 0 Å². The summed E-state index contributed by atoms with van der Waals surface area (Å²) in [6, 6.07) is 3.57. The van der Waals surface area contributed by atoms with Crippen molar-refractivity contribution in [3.8, 4) is 6.07 Å². The lowest BCUT2D eigenvalue weighted by Gasteiger charge is -2.16. The topological polar surface area (TPSA) is 105 Å². The van der Waals surface area contributed by atoms with Gasteiger partial charge in [-0.05, 0) is 39.2 Å². The minimum atomic E-state index is -3.01. The van der Waals surface area contributed by atoms with Crippen LogP contribution in [0.4, 0.5) is 0 Å². The zero-order valence-corrected chi connectivity index (χ0v) is 14.1. The van der Waals surface area contributed by atoms with Gasteiger partial charge in [-0.1, -0.05) is 0 Å². The Bertz CT molecular complexity index is 784. The van der Waals surface area contributed by atoms with Crippen LogP contribution in [-0.2, 0) is 9.84 Å². The second kappa shape index (κ2) is 5.34. The summed E-state index contributed by atoms with van der Waals surface area (Å²) in [7, 11) is -3.01. The molecule has 8 heteroatoms. The molecule has 7 nitrogen and oxygen atoms in total. The van der Waals surface area contributed by atoms with Crippen LogP contribution in [0, 0.1) is 11.3 Å². The Morgan fingerprint density at radius 2 is 2.13 bits per heavy atom. The highest BCUT2D eigenvalue weighted by atomic mass is 32.2. The highest BCUT2D eigenvalue weighted by Crippen LogP contribution is 2.42. The number of nitriles is 1. The van der Waals surface area contributed by atoms with Gasteiger partial charge in [0.2, 0.25) is 0 Å². The van der Waals surface area contributed by atoms with Gasteiger partial charge in [-0.15, -0.1) is 0 Å². The maximum atomic E-state index is 12.3. The van der Waals surface area contributed by atoms with Gasteiger partial charge in [-0.3, -0.25) is 9.48 Å². The molecule has 2 fully saturated rings. The van der Waals surface area contributed by atoms with Crippen LogP contribution in [-0.4, -0.2) is 41.2 Å². The second-order valence-corrected chi connectivity index (χ2v) is 9.15. The van der Waals surface area contributed by atoms with E-state index < -0.39 is 21.3 Å². The van der Waals surface area contributed by atoms with Gasteiger partial charge in [0.15, 0.2) is 15.5 Å². The molecule has 23 heavy (non-hydrogen) atoms. The Labute approximate surface area is 135 Å². The van der Waals surface area contributed by atoms with Gasteiger partial charge in [0.1, 0.15) is 5.54 Å². The predicted molar refractivity (Wildman–Crippen MR) is 83.7 cm³/mol. The van der Waals surface area contributed by atoms with Crippen molar-refractivity contribution in [2.45, 2.75) is 50.6 Å². The fourth-order valence-corrected chi connectivity index (χ4v) is 4.53. The number of nitrogens with one attached hydrogen (secondary N) is 1. The number of aromatic nitrogens is 2. The lowest BCUT2D eigenvalue weighted by Crippen LogP contribution is -2.42. The number of rotatable bonds is 4. The lowest BCUT2D eigenvalue weighted by molar-refractivity contribution is 0.0923. The molecule has 1 amide bonds. The first-order valence-corrected chi connectivity index (χ1v) is 9.56. The van der Waals surface area contributed by atoms with E-state index in [0.29, 0.717) is 12.3 Å². The monoisotopic (exact) mass is 336 g/mol. The fraction of sp³-hybridized carbons (Fsp3) is 0.667. The summed E-state index contributed by atoms with van der Waals surface area (Å²) in [5.74, 6) is 0.207. The van der Waals surface area contributed by atoms with Crippen molar-refractivity contribution in [1.29, 1.82) is 5.26 Å². The van der Waals surface area contributed by atoms with E-state index >= 15 is 0 Å². The van der Waals surface area contributed by atoms with Crippen molar-refractivity contribution in [3.63, 3.8) is 0 Å². The summed E-state index contributed by atoms with van der Waals surface area (Å²) in [4.78, 5) is 12.3. The van der Waals surface area contributed by atoms with Crippen molar-refractivity contribution in [1.82, 2.24) is 15.1 Å². The fourth-order valence-electron chi connectivity index (χ4n) is 2.84. The van der Waals surface area contributed by atoms with Crippen LogP contribution >= 0.6 is 0 Å². The minimum Gasteiger partial charge on any atom is -0.333 e. The molecular formula is C15H20N4O3S. The Balaban J connectivity index is 1.88. The number of carbonyl (C=O) groups excluding carboxylic acids is 1. The number of hydrogen-bond acceptors (Lipinski definition) is 5. The normalized spacial score (nSPS) is 23.4. The Morgan fingerprint density at radius 1 is 1.43 bits per heavy atom. The molecular weight excluding hydrogens is 316 g/mol. The molecule has 1 saturated carbocycles.